The summed E-state index contributed by atoms with van der Waals surface area (Å²) in [5.74, 6) is -1.51. The van der Waals surface area contributed by atoms with Gasteiger partial charge in [-0.1, -0.05) is 12.5 Å². The quantitative estimate of drug-likeness (QED) is 0.727. The summed E-state index contributed by atoms with van der Waals surface area (Å²) in [5.41, 5.74) is 0.857. The van der Waals surface area contributed by atoms with Crippen LogP contribution < -0.4 is 0 Å². The summed E-state index contributed by atoms with van der Waals surface area (Å²) in [7, 11) is 0. The molecular weight excluding hydrogens is 196 g/mol. The Morgan fingerprint density at radius 2 is 1.73 bits per heavy atom. The van der Waals surface area contributed by atoms with Crippen molar-refractivity contribution in [2.45, 2.75) is 25.8 Å². The van der Waals surface area contributed by atoms with E-state index in [1.165, 1.54) is 31.4 Å². The molecule has 1 aromatic rings. The van der Waals surface area contributed by atoms with E-state index in [1.807, 2.05) is 0 Å². The van der Waals surface area contributed by atoms with Crippen molar-refractivity contribution >= 4 is 0 Å². The first-order valence-corrected chi connectivity index (χ1v) is 5.42. The molecule has 1 fully saturated rings. The lowest BCUT2D eigenvalue weighted by molar-refractivity contribution is 0.220. The smallest absolute Gasteiger partial charge is 0.159 e. The van der Waals surface area contributed by atoms with Crippen molar-refractivity contribution in [1.82, 2.24) is 4.90 Å². The average molecular weight is 211 g/mol. The molecule has 3 heteroatoms. The first-order chi connectivity index (χ1) is 7.25. The van der Waals surface area contributed by atoms with Crippen molar-refractivity contribution in [3.8, 4) is 0 Å². The van der Waals surface area contributed by atoms with Crippen LogP contribution in [-0.2, 0) is 6.54 Å². The van der Waals surface area contributed by atoms with Gasteiger partial charge in [-0.15, -0.1) is 0 Å². The van der Waals surface area contributed by atoms with Crippen LogP contribution in [0.15, 0.2) is 18.2 Å². The zero-order valence-corrected chi connectivity index (χ0v) is 8.68. The summed E-state index contributed by atoms with van der Waals surface area (Å²) >= 11 is 0. The molecule has 1 aliphatic rings. The van der Waals surface area contributed by atoms with Gasteiger partial charge >= 0.3 is 0 Å². The molecule has 1 nitrogen and oxygen atoms in total. The predicted octanol–water partition coefficient (Wildman–Crippen LogP) is 2.95. The van der Waals surface area contributed by atoms with Crippen LogP contribution in [0, 0.1) is 11.6 Å². The molecule has 0 saturated carbocycles. The molecule has 0 N–H and O–H groups in total. The monoisotopic (exact) mass is 211 g/mol. The topological polar surface area (TPSA) is 3.24 Å². The highest BCUT2D eigenvalue weighted by Gasteiger charge is 2.11. The Morgan fingerprint density at radius 3 is 2.40 bits per heavy atom. The maximum absolute atomic E-state index is 12.9. The van der Waals surface area contributed by atoms with Crippen molar-refractivity contribution in [1.29, 1.82) is 0 Å². The zero-order chi connectivity index (χ0) is 10.7. The van der Waals surface area contributed by atoms with Crippen LogP contribution in [0.4, 0.5) is 8.78 Å². The third-order valence-corrected chi connectivity index (χ3v) is 2.84. The van der Waals surface area contributed by atoms with Gasteiger partial charge in [-0.2, -0.15) is 0 Å². The minimum atomic E-state index is -0.766. The van der Waals surface area contributed by atoms with Gasteiger partial charge in [0.15, 0.2) is 11.6 Å². The number of likely N-dealkylation sites (tertiary alicyclic amines) is 1. The number of benzene rings is 1. The molecule has 2 rings (SSSR count). The molecule has 0 unspecified atom stereocenters. The van der Waals surface area contributed by atoms with Crippen LogP contribution in [0.25, 0.3) is 0 Å². The number of piperidine rings is 1. The molecule has 1 heterocycles. The maximum Gasteiger partial charge on any atom is 0.159 e. The molecule has 1 aliphatic heterocycles. The standard InChI is InChI=1S/C12H15F2N/c13-11-5-4-10(8-12(11)14)9-15-6-2-1-3-7-15/h4-5,8H,1-3,6-7,9H2. The van der Waals surface area contributed by atoms with Crippen LogP contribution in [0.3, 0.4) is 0 Å². The predicted molar refractivity (Wildman–Crippen MR) is 55.5 cm³/mol. The van der Waals surface area contributed by atoms with Gasteiger partial charge in [0, 0.05) is 6.54 Å². The largest absolute Gasteiger partial charge is 0.299 e. The van der Waals surface area contributed by atoms with Crippen molar-refractivity contribution in [2.24, 2.45) is 0 Å². The summed E-state index contributed by atoms with van der Waals surface area (Å²) in [6.45, 7) is 2.87. The Bertz CT molecular complexity index is 332. The van der Waals surface area contributed by atoms with Gasteiger partial charge in [0.25, 0.3) is 0 Å². The SMILES string of the molecule is Fc1ccc(CN2CCCCC2)cc1F. The van der Waals surface area contributed by atoms with E-state index in [0.29, 0.717) is 0 Å². The normalized spacial score (nSPS) is 18.0. The summed E-state index contributed by atoms with van der Waals surface area (Å²) < 4.78 is 25.6. The lowest BCUT2D eigenvalue weighted by Gasteiger charge is -2.26. The molecule has 82 valence electrons. The second-order valence-electron chi connectivity index (χ2n) is 4.09. The fourth-order valence-electron chi connectivity index (χ4n) is 2.01. The van der Waals surface area contributed by atoms with Crippen LogP contribution in [0.1, 0.15) is 24.8 Å². The van der Waals surface area contributed by atoms with Crippen LogP contribution in [0.2, 0.25) is 0 Å². The Balaban J connectivity index is 2.00. The van der Waals surface area contributed by atoms with E-state index in [0.717, 1.165) is 25.2 Å². The lowest BCUT2D eigenvalue weighted by Crippen LogP contribution is -2.29. The highest BCUT2D eigenvalue weighted by Crippen LogP contribution is 2.14. The van der Waals surface area contributed by atoms with E-state index in [-0.39, 0.29) is 0 Å². The highest BCUT2D eigenvalue weighted by atomic mass is 19.2. The fourth-order valence-corrected chi connectivity index (χ4v) is 2.01. The third-order valence-electron chi connectivity index (χ3n) is 2.84. The molecule has 1 saturated heterocycles. The van der Waals surface area contributed by atoms with Crippen molar-refractivity contribution < 1.29 is 8.78 Å². The van der Waals surface area contributed by atoms with E-state index >= 15 is 0 Å². The molecule has 15 heavy (non-hydrogen) atoms. The minimum Gasteiger partial charge on any atom is -0.299 e. The van der Waals surface area contributed by atoms with E-state index in [4.69, 9.17) is 0 Å². The average Bonchev–Trinajstić information content (AvgIpc) is 2.25. The highest BCUT2D eigenvalue weighted by molar-refractivity contribution is 5.17. The molecule has 0 amide bonds. The first kappa shape index (κ1) is 10.6. The van der Waals surface area contributed by atoms with Gasteiger partial charge < -0.3 is 0 Å². The van der Waals surface area contributed by atoms with Gasteiger partial charge in [-0.25, -0.2) is 8.78 Å². The van der Waals surface area contributed by atoms with Gasteiger partial charge in [0.05, 0.1) is 0 Å². The Kier molecular flexibility index (Phi) is 3.31. The van der Waals surface area contributed by atoms with Crippen molar-refractivity contribution in [3.05, 3.63) is 35.4 Å². The molecule has 0 aromatic heterocycles. The number of rotatable bonds is 2. The second-order valence-corrected chi connectivity index (χ2v) is 4.09. The Morgan fingerprint density at radius 1 is 1.00 bits per heavy atom. The molecular formula is C12H15F2N. The Labute approximate surface area is 88.7 Å². The maximum atomic E-state index is 12.9. The lowest BCUT2D eigenvalue weighted by atomic mass is 10.1. The second kappa shape index (κ2) is 4.71. The number of hydrogen-bond acceptors (Lipinski definition) is 1. The zero-order valence-electron chi connectivity index (χ0n) is 8.68. The summed E-state index contributed by atoms with van der Waals surface area (Å²) in [5, 5.41) is 0. The molecule has 0 aliphatic carbocycles. The fraction of sp³-hybridized carbons (Fsp3) is 0.500. The van der Waals surface area contributed by atoms with Gasteiger partial charge in [-0.3, -0.25) is 4.90 Å². The van der Waals surface area contributed by atoms with Crippen LogP contribution >= 0.6 is 0 Å². The minimum absolute atomic E-state index is 0.733. The molecule has 0 radical (unpaired) electrons. The molecule has 0 atom stereocenters. The van der Waals surface area contributed by atoms with Gasteiger partial charge in [0.1, 0.15) is 0 Å². The van der Waals surface area contributed by atoms with E-state index < -0.39 is 11.6 Å². The number of nitrogens with zero attached hydrogens (tertiary/aromatic N) is 1. The molecule has 0 bridgehead atoms. The van der Waals surface area contributed by atoms with E-state index in [9.17, 15) is 8.78 Å². The molecule has 1 aromatic carbocycles. The van der Waals surface area contributed by atoms with E-state index in [1.54, 1.807) is 6.07 Å². The number of hydrogen-bond donors (Lipinski definition) is 0. The van der Waals surface area contributed by atoms with Crippen molar-refractivity contribution in [3.63, 3.8) is 0 Å². The van der Waals surface area contributed by atoms with Crippen LogP contribution in [0.5, 0.6) is 0 Å². The van der Waals surface area contributed by atoms with Crippen LogP contribution in [-0.4, -0.2) is 18.0 Å². The summed E-state index contributed by atoms with van der Waals surface area (Å²) in [6.07, 6.45) is 3.71. The van der Waals surface area contributed by atoms with E-state index in [2.05, 4.69) is 4.90 Å². The number of halogens is 2. The summed E-state index contributed by atoms with van der Waals surface area (Å²) in [6, 6.07) is 4.16. The van der Waals surface area contributed by atoms with Gasteiger partial charge in [-0.05, 0) is 43.6 Å². The van der Waals surface area contributed by atoms with Crippen molar-refractivity contribution in [2.75, 3.05) is 13.1 Å². The Hall–Kier alpha value is -0.960. The molecule has 0 spiro atoms. The third kappa shape index (κ3) is 2.75. The van der Waals surface area contributed by atoms with Gasteiger partial charge in [0.2, 0.25) is 0 Å². The first-order valence-electron chi connectivity index (χ1n) is 5.42. The summed E-state index contributed by atoms with van der Waals surface area (Å²) in [4.78, 5) is 2.29.